The maximum absolute atomic E-state index is 14.2. The fraction of sp³-hybridized carbons (Fsp3) is 0.240. The van der Waals surface area contributed by atoms with Gasteiger partial charge in [0.05, 0.1) is 18.5 Å². The summed E-state index contributed by atoms with van der Waals surface area (Å²) in [6, 6.07) is 11.9. The molecule has 1 aliphatic carbocycles. The summed E-state index contributed by atoms with van der Waals surface area (Å²) in [6.07, 6.45) is 3.49. The summed E-state index contributed by atoms with van der Waals surface area (Å²) in [7, 11) is -0.518. The van der Waals surface area contributed by atoms with Crippen LogP contribution >= 0.6 is 11.3 Å². The van der Waals surface area contributed by atoms with Crippen LogP contribution in [0, 0.1) is 11.7 Å². The molecule has 5 rings (SSSR count). The van der Waals surface area contributed by atoms with Crippen LogP contribution in [0.15, 0.2) is 52.7 Å². The first kappa shape index (κ1) is 24.3. The van der Waals surface area contributed by atoms with Gasteiger partial charge in [-0.1, -0.05) is 16.3 Å². The van der Waals surface area contributed by atoms with Crippen molar-refractivity contribution in [3.63, 3.8) is 0 Å². The Bertz CT molecular complexity index is 1460. The Labute approximate surface area is 213 Å². The maximum atomic E-state index is 14.2. The number of nitrogens with two attached hydrogens (primary N) is 1. The molecule has 2 aromatic heterocycles. The van der Waals surface area contributed by atoms with Crippen LogP contribution in [-0.2, 0) is 28.0 Å². The molecule has 36 heavy (non-hydrogen) atoms. The predicted molar refractivity (Wildman–Crippen MR) is 136 cm³/mol. The topological polar surface area (TPSA) is 120 Å². The second-order valence-corrected chi connectivity index (χ2v) is 10.7. The molecule has 1 saturated carbocycles. The Morgan fingerprint density at radius 2 is 2.03 bits per heavy atom. The number of aromatic carboxylic acids is 1. The van der Waals surface area contributed by atoms with Gasteiger partial charge in [0, 0.05) is 22.9 Å². The van der Waals surface area contributed by atoms with E-state index in [9.17, 15) is 18.5 Å². The van der Waals surface area contributed by atoms with Crippen LogP contribution in [0.5, 0.6) is 5.75 Å². The molecular weight excluding hydrogens is 503 g/mol. The molecule has 186 valence electrons. The molecule has 1 unspecified atom stereocenters. The zero-order valence-corrected chi connectivity index (χ0v) is 21.1. The highest BCUT2D eigenvalue weighted by Gasteiger charge is 2.29. The van der Waals surface area contributed by atoms with E-state index in [2.05, 4.69) is 4.98 Å². The number of halogens is 1. The van der Waals surface area contributed by atoms with E-state index in [1.807, 2.05) is 12.1 Å². The van der Waals surface area contributed by atoms with Gasteiger partial charge >= 0.3 is 5.97 Å². The van der Waals surface area contributed by atoms with Crippen LogP contribution in [0.4, 0.5) is 4.39 Å². The number of benzene rings is 2. The van der Waals surface area contributed by atoms with E-state index in [4.69, 9.17) is 15.0 Å². The molecule has 1 atom stereocenters. The third-order valence-corrected chi connectivity index (χ3v) is 7.78. The van der Waals surface area contributed by atoms with Gasteiger partial charge in [-0.2, -0.15) is 5.10 Å². The monoisotopic (exact) mass is 527 g/mol. The van der Waals surface area contributed by atoms with Gasteiger partial charge in [0.1, 0.15) is 0 Å². The molecule has 8 nitrogen and oxygen atoms in total. The van der Waals surface area contributed by atoms with Crippen molar-refractivity contribution in [1.29, 1.82) is 0 Å². The SMILES string of the molecule is COc1cc(-c2nn(-c3nc(C(=O)O)cs3)c(CC3CC3)c2Cc2ccc([SH+](N)=O)cc2)ccc1F. The van der Waals surface area contributed by atoms with Gasteiger partial charge < -0.3 is 9.84 Å². The van der Waals surface area contributed by atoms with Gasteiger partial charge in [-0.15, -0.1) is 16.5 Å². The second-order valence-electron chi connectivity index (χ2n) is 8.67. The maximum Gasteiger partial charge on any atom is 0.355 e. The zero-order valence-electron chi connectivity index (χ0n) is 19.3. The fourth-order valence-corrected chi connectivity index (χ4v) is 5.31. The first-order valence-corrected chi connectivity index (χ1v) is 13.5. The molecule has 0 saturated heterocycles. The van der Waals surface area contributed by atoms with Crippen LogP contribution in [0.1, 0.15) is 40.2 Å². The molecular formula is C25H24FN4O4S2+. The molecule has 11 heteroatoms. The van der Waals surface area contributed by atoms with E-state index in [0.29, 0.717) is 33.6 Å². The number of hydrogen-bond donors (Lipinski definition) is 2. The van der Waals surface area contributed by atoms with Crippen molar-refractivity contribution in [1.82, 2.24) is 14.8 Å². The molecule has 0 amide bonds. The number of rotatable bonds is 9. The van der Waals surface area contributed by atoms with Crippen LogP contribution < -0.4 is 9.88 Å². The zero-order chi connectivity index (χ0) is 25.4. The quantitative estimate of drug-likeness (QED) is 0.247. The molecule has 1 aliphatic rings. The van der Waals surface area contributed by atoms with Gasteiger partial charge in [-0.05, 0) is 61.1 Å². The standard InChI is InChI=1S/C25H23FN4O4S2/c1-34-22-12-16(6-9-19(22)26)23-18(10-14-4-7-17(8-5-14)36(27)33)21(11-15-2-3-15)30(29-23)25-28-20(13-35-25)24(31)32/h4-9,12-13,15H,2-3,10-11H2,1H3,(H2,27,33)(H,31,32)/p+1. The van der Waals surface area contributed by atoms with Crippen LogP contribution in [0.3, 0.4) is 0 Å². The second kappa shape index (κ2) is 9.92. The number of hydrogen-bond acceptors (Lipinski definition) is 6. The number of thiazole rings is 1. The van der Waals surface area contributed by atoms with Gasteiger partial charge in [0.15, 0.2) is 33.1 Å². The van der Waals surface area contributed by atoms with Crippen molar-refractivity contribution in [2.75, 3.05) is 7.11 Å². The number of aromatic nitrogens is 3. The minimum absolute atomic E-state index is 0.0408. The Morgan fingerprint density at radius 3 is 2.64 bits per heavy atom. The van der Waals surface area contributed by atoms with E-state index < -0.39 is 22.8 Å². The van der Waals surface area contributed by atoms with Gasteiger partial charge in [-0.3, -0.25) is 0 Å². The van der Waals surface area contributed by atoms with E-state index in [-0.39, 0.29) is 11.4 Å². The van der Waals surface area contributed by atoms with Crippen LogP contribution in [0.25, 0.3) is 16.4 Å². The lowest BCUT2D eigenvalue weighted by Crippen LogP contribution is -2.06. The van der Waals surface area contributed by atoms with Crippen molar-refractivity contribution in [3.8, 4) is 22.1 Å². The number of carboxylic acids is 1. The minimum atomic E-state index is -1.93. The lowest BCUT2D eigenvalue weighted by atomic mass is 9.97. The van der Waals surface area contributed by atoms with Crippen molar-refractivity contribution < 1.29 is 23.2 Å². The van der Waals surface area contributed by atoms with Crippen LogP contribution in [-0.4, -0.2) is 33.0 Å². The smallest absolute Gasteiger partial charge is 0.355 e. The minimum Gasteiger partial charge on any atom is -0.494 e. The molecule has 0 radical (unpaired) electrons. The fourth-order valence-electron chi connectivity index (χ4n) is 4.10. The number of thiol groups is 1. The number of nitrogens with zero attached hydrogens (tertiary/aromatic N) is 3. The molecule has 0 aliphatic heterocycles. The lowest BCUT2D eigenvalue weighted by molar-refractivity contribution is 0.0691. The summed E-state index contributed by atoms with van der Waals surface area (Å²) in [5, 5.41) is 21.8. The highest BCUT2D eigenvalue weighted by Crippen LogP contribution is 2.38. The summed E-state index contributed by atoms with van der Waals surface area (Å²) in [5.74, 6) is -0.957. The highest BCUT2D eigenvalue weighted by molar-refractivity contribution is 7.82. The summed E-state index contributed by atoms with van der Waals surface area (Å²) in [6.45, 7) is 0. The molecule has 0 bridgehead atoms. The van der Waals surface area contributed by atoms with Crippen molar-refractivity contribution >= 4 is 28.3 Å². The summed E-state index contributed by atoms with van der Waals surface area (Å²) >= 11 is 1.21. The van der Waals surface area contributed by atoms with Crippen molar-refractivity contribution in [2.45, 2.75) is 30.6 Å². The molecule has 2 aromatic carbocycles. The third kappa shape index (κ3) is 4.95. The highest BCUT2D eigenvalue weighted by atomic mass is 32.2. The van der Waals surface area contributed by atoms with Crippen molar-refractivity contribution in [2.24, 2.45) is 11.1 Å². The molecule has 2 heterocycles. The normalized spacial score (nSPS) is 14.1. The largest absolute Gasteiger partial charge is 0.494 e. The Morgan fingerprint density at radius 1 is 1.28 bits per heavy atom. The van der Waals surface area contributed by atoms with E-state index in [1.165, 1.54) is 29.9 Å². The number of carbonyl (C=O) groups is 1. The average molecular weight is 528 g/mol. The summed E-state index contributed by atoms with van der Waals surface area (Å²) < 4.78 is 32.8. The first-order chi connectivity index (χ1) is 17.3. The lowest BCUT2D eigenvalue weighted by Gasteiger charge is -2.09. The van der Waals surface area contributed by atoms with E-state index in [0.717, 1.165) is 36.1 Å². The summed E-state index contributed by atoms with van der Waals surface area (Å²) in [5.41, 5.74) is 4.12. The van der Waals surface area contributed by atoms with Gasteiger partial charge in [0.2, 0.25) is 5.13 Å². The average Bonchev–Trinajstić information content (AvgIpc) is 3.42. The first-order valence-electron chi connectivity index (χ1n) is 11.3. The Balaban J connectivity index is 1.67. The Kier molecular flexibility index (Phi) is 6.69. The number of ether oxygens (including phenoxy) is 1. The predicted octanol–water partition coefficient (Wildman–Crippen LogP) is 4.31. The third-order valence-electron chi connectivity index (χ3n) is 6.16. The Hall–Kier alpha value is -3.41. The van der Waals surface area contributed by atoms with Gasteiger partial charge in [-0.25, -0.2) is 18.9 Å². The molecule has 0 spiro atoms. The van der Waals surface area contributed by atoms with E-state index >= 15 is 0 Å². The van der Waals surface area contributed by atoms with E-state index in [1.54, 1.807) is 28.9 Å². The van der Waals surface area contributed by atoms with Crippen LogP contribution in [0.2, 0.25) is 0 Å². The molecule has 1 fully saturated rings. The molecule has 4 aromatic rings. The van der Waals surface area contributed by atoms with Gasteiger partial charge in [0.25, 0.3) is 0 Å². The van der Waals surface area contributed by atoms with Crippen molar-refractivity contribution in [3.05, 3.63) is 76.2 Å². The number of carboxylic acid groups (broad SMARTS) is 1. The number of methoxy groups -OCH3 is 1. The summed E-state index contributed by atoms with van der Waals surface area (Å²) in [4.78, 5) is 16.3. The molecule has 3 N–H and O–H groups in total.